The van der Waals surface area contributed by atoms with Crippen LogP contribution >= 0.6 is 0 Å². The lowest BCUT2D eigenvalue weighted by molar-refractivity contribution is 0.0979. The van der Waals surface area contributed by atoms with E-state index >= 15 is 0 Å². The van der Waals surface area contributed by atoms with Gasteiger partial charge in [0.25, 0.3) is 0 Å². The minimum atomic E-state index is -0.00583. The molecule has 1 aromatic heterocycles. The maximum atomic E-state index is 5.76. The highest BCUT2D eigenvalue weighted by atomic mass is 16.5. The van der Waals surface area contributed by atoms with Gasteiger partial charge in [0, 0.05) is 23.8 Å². The van der Waals surface area contributed by atoms with Crippen molar-refractivity contribution < 1.29 is 4.74 Å². The van der Waals surface area contributed by atoms with Gasteiger partial charge in [0.1, 0.15) is 6.23 Å². The summed E-state index contributed by atoms with van der Waals surface area (Å²) in [5.74, 6) is 0. The fourth-order valence-electron chi connectivity index (χ4n) is 2.05. The average Bonchev–Trinajstić information content (AvgIpc) is 2.56. The Balaban J connectivity index is 2.31. The monoisotopic (exact) mass is 209 g/mol. The maximum Gasteiger partial charge on any atom is 0.138 e. The predicted molar refractivity (Wildman–Crippen MR) is 58.6 cm³/mol. The first-order valence-corrected chi connectivity index (χ1v) is 5.30. The molecule has 0 aliphatic carbocycles. The smallest absolute Gasteiger partial charge is 0.138 e. The van der Waals surface area contributed by atoms with E-state index in [1.807, 2.05) is 18.7 Å². The molecule has 2 heterocycles. The van der Waals surface area contributed by atoms with Crippen LogP contribution in [0.15, 0.2) is 0 Å². The molecule has 1 aliphatic rings. The lowest BCUT2D eigenvalue weighted by Gasteiger charge is -2.17. The molecule has 4 nitrogen and oxygen atoms in total. The van der Waals surface area contributed by atoms with Gasteiger partial charge < -0.3 is 4.74 Å². The van der Waals surface area contributed by atoms with Crippen LogP contribution in [-0.2, 0) is 11.8 Å². The van der Waals surface area contributed by atoms with Crippen molar-refractivity contribution in [1.29, 1.82) is 0 Å². The van der Waals surface area contributed by atoms with Gasteiger partial charge in [-0.25, -0.2) is 0 Å². The van der Waals surface area contributed by atoms with Gasteiger partial charge in [0.2, 0.25) is 0 Å². The number of aryl methyl sites for hydroxylation is 2. The second-order valence-corrected chi connectivity index (χ2v) is 4.93. The molecule has 4 heteroatoms. The lowest BCUT2D eigenvalue weighted by Crippen LogP contribution is -2.36. The standard InChI is InChI=1S/C11H19N3O/c1-7-9(8(2)14(5)13-7)10-12-11(3,4)6-15-10/h10,12H,6H2,1-5H3. The van der Waals surface area contributed by atoms with Gasteiger partial charge >= 0.3 is 0 Å². The predicted octanol–water partition coefficient (Wildman–Crippen LogP) is 1.43. The number of nitrogens with one attached hydrogen (secondary N) is 1. The van der Waals surface area contributed by atoms with E-state index in [-0.39, 0.29) is 11.8 Å². The first kappa shape index (κ1) is 10.6. The number of nitrogens with zero attached hydrogens (tertiary/aromatic N) is 2. The molecule has 15 heavy (non-hydrogen) atoms. The zero-order valence-electron chi connectivity index (χ0n) is 10.1. The Hall–Kier alpha value is -0.870. The number of aromatic nitrogens is 2. The van der Waals surface area contributed by atoms with Crippen molar-refractivity contribution in [2.45, 2.75) is 39.5 Å². The molecule has 0 spiro atoms. The first-order chi connectivity index (χ1) is 6.91. The molecule has 0 radical (unpaired) electrons. The number of hydrogen-bond acceptors (Lipinski definition) is 3. The van der Waals surface area contributed by atoms with E-state index in [1.54, 1.807) is 0 Å². The van der Waals surface area contributed by atoms with Gasteiger partial charge in [-0.1, -0.05) is 0 Å². The molecule has 1 saturated heterocycles. The highest BCUT2D eigenvalue weighted by molar-refractivity contribution is 5.27. The minimum Gasteiger partial charge on any atom is -0.357 e. The van der Waals surface area contributed by atoms with E-state index in [4.69, 9.17) is 4.74 Å². The molecule has 1 aliphatic heterocycles. The molecule has 1 N–H and O–H groups in total. The molecule has 1 fully saturated rings. The Morgan fingerprint density at radius 1 is 1.47 bits per heavy atom. The molecule has 0 amide bonds. The lowest BCUT2D eigenvalue weighted by atomic mass is 10.1. The third-order valence-electron chi connectivity index (χ3n) is 2.96. The second kappa shape index (κ2) is 3.32. The second-order valence-electron chi connectivity index (χ2n) is 4.93. The first-order valence-electron chi connectivity index (χ1n) is 5.30. The van der Waals surface area contributed by atoms with Crippen LogP contribution in [0.3, 0.4) is 0 Å². The van der Waals surface area contributed by atoms with Crippen LogP contribution in [0.5, 0.6) is 0 Å². The maximum absolute atomic E-state index is 5.76. The number of rotatable bonds is 1. The minimum absolute atomic E-state index is 0.00583. The molecule has 84 valence electrons. The van der Waals surface area contributed by atoms with Crippen molar-refractivity contribution in [3.63, 3.8) is 0 Å². The van der Waals surface area contributed by atoms with Crippen LogP contribution in [0, 0.1) is 13.8 Å². The third-order valence-corrected chi connectivity index (χ3v) is 2.96. The van der Waals surface area contributed by atoms with Gasteiger partial charge in [-0.2, -0.15) is 5.10 Å². The summed E-state index contributed by atoms with van der Waals surface area (Å²) in [7, 11) is 1.96. The SMILES string of the molecule is Cc1nn(C)c(C)c1C1NC(C)(C)CO1. The Bertz CT molecular complexity index is 381. The fourth-order valence-corrected chi connectivity index (χ4v) is 2.05. The largest absolute Gasteiger partial charge is 0.357 e. The molecule has 0 aromatic carbocycles. The topological polar surface area (TPSA) is 39.1 Å². The van der Waals surface area contributed by atoms with Crippen molar-refractivity contribution in [3.8, 4) is 0 Å². The normalized spacial score (nSPS) is 24.7. The summed E-state index contributed by atoms with van der Waals surface area (Å²) in [5, 5.41) is 7.87. The fraction of sp³-hybridized carbons (Fsp3) is 0.727. The van der Waals surface area contributed by atoms with Crippen LogP contribution in [0.2, 0.25) is 0 Å². The van der Waals surface area contributed by atoms with E-state index in [2.05, 4.69) is 31.2 Å². The van der Waals surface area contributed by atoms with Crippen molar-refractivity contribution in [1.82, 2.24) is 15.1 Å². The molecular formula is C11H19N3O. The van der Waals surface area contributed by atoms with Crippen LogP contribution in [-0.4, -0.2) is 21.9 Å². The summed E-state index contributed by atoms with van der Waals surface area (Å²) >= 11 is 0. The van der Waals surface area contributed by atoms with Crippen molar-refractivity contribution in [3.05, 3.63) is 17.0 Å². The van der Waals surface area contributed by atoms with Crippen LogP contribution in [0.25, 0.3) is 0 Å². The summed E-state index contributed by atoms with van der Waals surface area (Å²) in [5.41, 5.74) is 3.45. The van der Waals surface area contributed by atoms with Gasteiger partial charge in [-0.05, 0) is 27.7 Å². The van der Waals surface area contributed by atoms with Gasteiger partial charge in [-0.3, -0.25) is 10.00 Å². The molecule has 1 atom stereocenters. The molecule has 1 unspecified atom stereocenters. The zero-order chi connectivity index (χ0) is 11.2. The van der Waals surface area contributed by atoms with Gasteiger partial charge in [-0.15, -0.1) is 0 Å². The highest BCUT2D eigenvalue weighted by Crippen LogP contribution is 2.29. The molecule has 1 aromatic rings. The number of hydrogen-bond donors (Lipinski definition) is 1. The highest BCUT2D eigenvalue weighted by Gasteiger charge is 2.34. The van der Waals surface area contributed by atoms with Gasteiger partial charge in [0.15, 0.2) is 0 Å². The van der Waals surface area contributed by atoms with E-state index < -0.39 is 0 Å². The van der Waals surface area contributed by atoms with Crippen LogP contribution in [0.4, 0.5) is 0 Å². The van der Waals surface area contributed by atoms with E-state index in [9.17, 15) is 0 Å². The van der Waals surface area contributed by atoms with Crippen LogP contribution in [0.1, 0.15) is 37.0 Å². The molecule has 0 saturated carbocycles. The van der Waals surface area contributed by atoms with Gasteiger partial charge in [0.05, 0.1) is 12.3 Å². The Morgan fingerprint density at radius 3 is 2.53 bits per heavy atom. The summed E-state index contributed by atoms with van der Waals surface area (Å²) in [6.07, 6.45) is -0.00583. The van der Waals surface area contributed by atoms with Crippen molar-refractivity contribution >= 4 is 0 Å². The Kier molecular flexibility index (Phi) is 2.35. The Morgan fingerprint density at radius 2 is 2.13 bits per heavy atom. The summed E-state index contributed by atoms with van der Waals surface area (Å²) < 4.78 is 7.67. The zero-order valence-corrected chi connectivity index (χ0v) is 10.1. The average molecular weight is 209 g/mol. The summed E-state index contributed by atoms with van der Waals surface area (Å²) in [6, 6.07) is 0. The van der Waals surface area contributed by atoms with E-state index in [1.165, 1.54) is 11.3 Å². The third kappa shape index (κ3) is 1.79. The molecule has 0 bridgehead atoms. The van der Waals surface area contributed by atoms with E-state index in [0.29, 0.717) is 0 Å². The van der Waals surface area contributed by atoms with Crippen molar-refractivity contribution in [2.24, 2.45) is 7.05 Å². The quantitative estimate of drug-likeness (QED) is 0.760. The van der Waals surface area contributed by atoms with Crippen molar-refractivity contribution in [2.75, 3.05) is 6.61 Å². The molecule has 2 rings (SSSR count). The van der Waals surface area contributed by atoms with E-state index in [0.717, 1.165) is 12.3 Å². The Labute approximate surface area is 90.6 Å². The summed E-state index contributed by atoms with van der Waals surface area (Å²) in [4.78, 5) is 0. The van der Waals surface area contributed by atoms with Crippen LogP contribution < -0.4 is 5.32 Å². The summed E-state index contributed by atoms with van der Waals surface area (Å²) in [6.45, 7) is 9.14. The molecular weight excluding hydrogens is 190 g/mol. The number of ether oxygens (including phenoxy) is 1.